The predicted molar refractivity (Wildman–Crippen MR) is 73.5 cm³/mol. The number of carbonyl (C=O) groups excluding carboxylic acids is 1. The first-order chi connectivity index (χ1) is 9.89. The van der Waals surface area contributed by atoms with Crippen LogP contribution in [0.5, 0.6) is 0 Å². The quantitative estimate of drug-likeness (QED) is 0.797. The molecule has 0 bridgehead atoms. The van der Waals surface area contributed by atoms with Crippen LogP contribution in [-0.4, -0.2) is 9.32 Å². The second-order valence-corrected chi connectivity index (χ2v) is 5.83. The van der Waals surface area contributed by atoms with Crippen molar-refractivity contribution in [2.24, 2.45) is 0 Å². The van der Waals surface area contributed by atoms with Gasteiger partial charge in [-0.15, -0.1) is 0 Å². The number of rotatable bonds is 0. The minimum absolute atomic E-state index is 0.227. The molecule has 21 heavy (non-hydrogen) atoms. The van der Waals surface area contributed by atoms with Crippen molar-refractivity contribution < 1.29 is 22.2 Å². The molecule has 0 spiro atoms. The van der Waals surface area contributed by atoms with Crippen LogP contribution in [0.2, 0.25) is 0 Å². The zero-order valence-electron chi connectivity index (χ0n) is 10.7. The first-order valence-electron chi connectivity index (χ1n) is 6.22. The molecule has 7 heteroatoms. The molecule has 0 saturated heterocycles. The molecule has 1 N–H and O–H groups in total. The van der Waals surface area contributed by atoms with Crippen LogP contribution in [0.15, 0.2) is 35.9 Å². The van der Waals surface area contributed by atoms with Gasteiger partial charge in [-0.25, -0.2) is 4.21 Å². The minimum atomic E-state index is -4.58. The lowest BCUT2D eigenvalue weighted by atomic mass is 9.90. The molecule has 0 radical (unpaired) electrons. The number of carbonyl (C=O) groups is 1. The Kier molecular flexibility index (Phi) is 3.24. The van der Waals surface area contributed by atoms with E-state index >= 15 is 0 Å². The lowest BCUT2D eigenvalue weighted by Gasteiger charge is -2.17. The Morgan fingerprint density at radius 3 is 2.71 bits per heavy atom. The summed E-state index contributed by atoms with van der Waals surface area (Å²) >= 11 is 0. The molecule has 1 aliphatic heterocycles. The monoisotopic (exact) mass is 313 g/mol. The SMILES string of the molecule is O=C1C2=C(CCC=C2)c2cccc(C(F)(F)F)c2NS1=O. The fraction of sp³-hybridized carbons (Fsp3) is 0.214. The van der Waals surface area contributed by atoms with E-state index in [1.807, 2.05) is 0 Å². The van der Waals surface area contributed by atoms with Gasteiger partial charge in [-0.1, -0.05) is 24.3 Å². The number of hydrogen-bond donors (Lipinski definition) is 1. The Bertz CT molecular complexity index is 719. The van der Waals surface area contributed by atoms with E-state index in [0.717, 1.165) is 6.07 Å². The lowest BCUT2D eigenvalue weighted by molar-refractivity contribution is -0.136. The largest absolute Gasteiger partial charge is 0.418 e. The highest BCUT2D eigenvalue weighted by Gasteiger charge is 2.37. The van der Waals surface area contributed by atoms with Gasteiger partial charge < -0.3 is 0 Å². The average molecular weight is 313 g/mol. The van der Waals surface area contributed by atoms with E-state index in [4.69, 9.17) is 0 Å². The maximum Gasteiger partial charge on any atom is 0.418 e. The molecule has 0 saturated carbocycles. The van der Waals surface area contributed by atoms with Crippen molar-refractivity contribution >= 4 is 27.4 Å². The van der Waals surface area contributed by atoms with E-state index in [-0.39, 0.29) is 11.3 Å². The number of benzene rings is 1. The molecule has 0 aromatic heterocycles. The Morgan fingerprint density at radius 1 is 1.24 bits per heavy atom. The zero-order chi connectivity index (χ0) is 15.2. The Hall–Kier alpha value is -1.89. The van der Waals surface area contributed by atoms with E-state index in [9.17, 15) is 22.2 Å². The van der Waals surface area contributed by atoms with Crippen LogP contribution in [0.1, 0.15) is 24.0 Å². The topological polar surface area (TPSA) is 46.2 Å². The lowest BCUT2D eigenvalue weighted by Crippen LogP contribution is -2.18. The van der Waals surface area contributed by atoms with Gasteiger partial charge in [0.25, 0.3) is 5.12 Å². The summed E-state index contributed by atoms with van der Waals surface area (Å²) in [6.45, 7) is 0. The molecule has 110 valence electrons. The van der Waals surface area contributed by atoms with Gasteiger partial charge in [0.2, 0.25) is 0 Å². The van der Waals surface area contributed by atoms with Crippen LogP contribution in [-0.2, 0) is 22.0 Å². The van der Waals surface area contributed by atoms with Crippen molar-refractivity contribution in [2.75, 3.05) is 4.72 Å². The van der Waals surface area contributed by atoms with Crippen molar-refractivity contribution in [2.45, 2.75) is 19.0 Å². The van der Waals surface area contributed by atoms with Gasteiger partial charge in [0.1, 0.15) is 0 Å². The molecule has 0 amide bonds. The molecule has 1 aromatic carbocycles. The number of allylic oxidation sites excluding steroid dienone is 3. The van der Waals surface area contributed by atoms with Gasteiger partial charge >= 0.3 is 6.18 Å². The first kappa shape index (κ1) is 14.1. The molecule has 1 heterocycles. The molecule has 0 fully saturated rings. The number of alkyl halides is 3. The highest BCUT2D eigenvalue weighted by molar-refractivity contribution is 8.02. The number of para-hydroxylation sites is 1. The standard InChI is InChI=1S/C14H10F3NO2S/c15-14(16,17)11-7-3-6-9-8-4-1-2-5-10(8)13(19)21(20)18-12(9)11/h2-3,5-7,18H,1,4H2. The van der Waals surface area contributed by atoms with Crippen LogP contribution >= 0.6 is 0 Å². The van der Waals surface area contributed by atoms with Crippen LogP contribution in [0.4, 0.5) is 18.9 Å². The van der Waals surface area contributed by atoms with E-state index in [1.165, 1.54) is 18.2 Å². The third kappa shape index (κ3) is 2.31. The number of fused-ring (bicyclic) bond motifs is 2. The molecule has 3 rings (SSSR count). The smallest absolute Gasteiger partial charge is 0.297 e. The predicted octanol–water partition coefficient (Wildman–Crippen LogP) is 3.42. The number of nitrogens with one attached hydrogen (secondary N) is 1. The molecule has 1 aliphatic carbocycles. The second kappa shape index (κ2) is 4.84. The minimum Gasteiger partial charge on any atom is -0.297 e. The van der Waals surface area contributed by atoms with Gasteiger partial charge in [0, 0.05) is 11.1 Å². The van der Waals surface area contributed by atoms with E-state index < -0.39 is 27.8 Å². The average Bonchev–Trinajstić information content (AvgIpc) is 2.55. The third-order valence-electron chi connectivity index (χ3n) is 3.45. The van der Waals surface area contributed by atoms with Crippen LogP contribution < -0.4 is 4.72 Å². The van der Waals surface area contributed by atoms with Crippen molar-refractivity contribution in [3.05, 3.63) is 47.1 Å². The molecular formula is C14H10F3NO2S. The Morgan fingerprint density at radius 2 is 2.00 bits per heavy atom. The van der Waals surface area contributed by atoms with Crippen molar-refractivity contribution in [3.63, 3.8) is 0 Å². The zero-order valence-corrected chi connectivity index (χ0v) is 11.5. The second-order valence-electron chi connectivity index (χ2n) is 4.72. The number of hydrogen-bond acceptors (Lipinski definition) is 2. The summed E-state index contributed by atoms with van der Waals surface area (Å²) in [5.74, 6) is 0. The van der Waals surface area contributed by atoms with E-state index in [0.29, 0.717) is 24.0 Å². The first-order valence-corrected chi connectivity index (χ1v) is 7.37. The highest BCUT2D eigenvalue weighted by atomic mass is 32.2. The summed E-state index contributed by atoms with van der Waals surface area (Å²) in [5, 5.41) is -0.690. The Labute approximate surface area is 121 Å². The van der Waals surface area contributed by atoms with Gasteiger partial charge in [0.05, 0.1) is 11.3 Å². The van der Waals surface area contributed by atoms with Crippen molar-refractivity contribution in [3.8, 4) is 0 Å². The maximum absolute atomic E-state index is 13.1. The molecule has 2 aliphatic rings. The Balaban J connectivity index is 2.31. The summed E-state index contributed by atoms with van der Waals surface area (Å²) in [6, 6.07) is 3.73. The van der Waals surface area contributed by atoms with Crippen LogP contribution in [0, 0.1) is 0 Å². The summed E-state index contributed by atoms with van der Waals surface area (Å²) < 4.78 is 53.5. The van der Waals surface area contributed by atoms with Crippen LogP contribution in [0.25, 0.3) is 5.57 Å². The summed E-state index contributed by atoms with van der Waals surface area (Å²) in [7, 11) is -2.23. The van der Waals surface area contributed by atoms with Gasteiger partial charge in [0.15, 0.2) is 11.0 Å². The van der Waals surface area contributed by atoms with Crippen LogP contribution in [0.3, 0.4) is 0 Å². The molecule has 3 nitrogen and oxygen atoms in total. The number of halogens is 3. The molecule has 1 atom stereocenters. The third-order valence-corrected chi connectivity index (χ3v) is 4.39. The fourth-order valence-corrected chi connectivity index (χ4v) is 3.41. The van der Waals surface area contributed by atoms with Gasteiger partial charge in [-0.05, 0) is 24.5 Å². The van der Waals surface area contributed by atoms with Gasteiger partial charge in [-0.3, -0.25) is 9.52 Å². The van der Waals surface area contributed by atoms with E-state index in [1.54, 1.807) is 6.08 Å². The summed E-state index contributed by atoms with van der Waals surface area (Å²) in [5.41, 5.74) is -0.156. The number of anilines is 1. The van der Waals surface area contributed by atoms with Crippen molar-refractivity contribution in [1.82, 2.24) is 0 Å². The molecular weight excluding hydrogens is 303 g/mol. The van der Waals surface area contributed by atoms with Gasteiger partial charge in [-0.2, -0.15) is 13.2 Å². The normalized spacial score (nSPS) is 21.5. The summed E-state index contributed by atoms with van der Waals surface area (Å²) in [6.07, 6.45) is -0.205. The highest BCUT2D eigenvalue weighted by Crippen LogP contribution is 2.43. The maximum atomic E-state index is 13.1. The fourth-order valence-electron chi connectivity index (χ4n) is 2.52. The molecule has 1 unspecified atom stereocenters. The molecule has 1 aromatic rings. The van der Waals surface area contributed by atoms with E-state index in [2.05, 4.69) is 4.72 Å². The summed E-state index contributed by atoms with van der Waals surface area (Å²) in [4.78, 5) is 12.1. The van der Waals surface area contributed by atoms with Crippen molar-refractivity contribution in [1.29, 1.82) is 0 Å².